The molecule has 1 N–H and O–H groups in total. The third-order valence-corrected chi connectivity index (χ3v) is 2.54. The number of benzene rings is 1. The highest BCUT2D eigenvalue weighted by Crippen LogP contribution is 2.30. The van der Waals surface area contributed by atoms with Crippen molar-refractivity contribution < 1.29 is 27.4 Å². The number of pyridine rings is 1. The zero-order chi connectivity index (χ0) is 14.8. The molecule has 106 valence electrons. The van der Waals surface area contributed by atoms with Crippen LogP contribution >= 0.6 is 0 Å². The van der Waals surface area contributed by atoms with Crippen LogP contribution in [0.4, 0.5) is 17.6 Å². The molecule has 0 saturated carbocycles. The fourth-order valence-corrected chi connectivity index (χ4v) is 1.73. The second-order valence-electron chi connectivity index (χ2n) is 3.88. The van der Waals surface area contributed by atoms with Gasteiger partial charge in [-0.25, -0.2) is 4.39 Å². The van der Waals surface area contributed by atoms with Gasteiger partial charge >= 0.3 is 6.36 Å². The fourth-order valence-electron chi connectivity index (χ4n) is 1.73. The molecule has 0 saturated heterocycles. The summed E-state index contributed by atoms with van der Waals surface area (Å²) in [6.07, 6.45) is -2.62. The van der Waals surface area contributed by atoms with Gasteiger partial charge in [-0.15, -0.1) is 13.2 Å². The lowest BCUT2D eigenvalue weighted by Gasteiger charge is -2.11. The molecule has 0 aliphatic carbocycles. The van der Waals surface area contributed by atoms with E-state index in [9.17, 15) is 17.6 Å². The third-order valence-electron chi connectivity index (χ3n) is 2.54. The number of hydrogen-bond acceptors (Lipinski definition) is 3. The normalized spacial score (nSPS) is 11.4. The Hall–Kier alpha value is -2.15. The van der Waals surface area contributed by atoms with Gasteiger partial charge in [-0.3, -0.25) is 4.98 Å². The van der Waals surface area contributed by atoms with Crippen molar-refractivity contribution in [3.05, 3.63) is 48.0 Å². The highest BCUT2D eigenvalue weighted by Gasteiger charge is 2.31. The van der Waals surface area contributed by atoms with E-state index >= 15 is 0 Å². The van der Waals surface area contributed by atoms with Gasteiger partial charge in [-0.05, 0) is 17.7 Å². The van der Waals surface area contributed by atoms with Crippen molar-refractivity contribution in [2.45, 2.75) is 13.0 Å². The summed E-state index contributed by atoms with van der Waals surface area (Å²) in [5.74, 6) is -1.16. The van der Waals surface area contributed by atoms with E-state index in [2.05, 4.69) is 9.72 Å². The second-order valence-corrected chi connectivity index (χ2v) is 3.88. The standard InChI is InChI=1S/C13H9F4NO2/c14-12-6-18-5-10(11(12)7-19)8-2-1-3-9(4-8)20-13(15,16)17/h1-6,19H,7H2. The molecule has 0 radical (unpaired) electrons. The number of aliphatic hydroxyl groups excluding tert-OH is 1. The van der Waals surface area contributed by atoms with Gasteiger partial charge < -0.3 is 9.84 Å². The number of halogens is 4. The first kappa shape index (κ1) is 14.3. The molecule has 7 heteroatoms. The molecule has 1 aromatic heterocycles. The maximum absolute atomic E-state index is 13.5. The summed E-state index contributed by atoms with van der Waals surface area (Å²) in [6.45, 7) is -0.589. The molecule has 0 fully saturated rings. The summed E-state index contributed by atoms with van der Waals surface area (Å²) in [5.41, 5.74) is 0.437. The van der Waals surface area contributed by atoms with Crippen molar-refractivity contribution in [3.8, 4) is 16.9 Å². The average Bonchev–Trinajstić information content (AvgIpc) is 2.36. The lowest BCUT2D eigenvalue weighted by Crippen LogP contribution is -2.17. The highest BCUT2D eigenvalue weighted by molar-refractivity contribution is 5.67. The van der Waals surface area contributed by atoms with Gasteiger partial charge in [0.2, 0.25) is 0 Å². The Morgan fingerprint density at radius 3 is 2.60 bits per heavy atom. The molecule has 3 nitrogen and oxygen atoms in total. The van der Waals surface area contributed by atoms with Crippen LogP contribution in [0.5, 0.6) is 5.75 Å². The van der Waals surface area contributed by atoms with Crippen molar-refractivity contribution in [1.82, 2.24) is 4.98 Å². The molecule has 0 aliphatic rings. The third kappa shape index (κ3) is 3.24. The van der Waals surface area contributed by atoms with E-state index < -0.39 is 24.5 Å². The molecule has 1 heterocycles. The second kappa shape index (κ2) is 5.46. The maximum atomic E-state index is 13.5. The van der Waals surface area contributed by atoms with Crippen LogP contribution in [0.15, 0.2) is 36.7 Å². The average molecular weight is 287 g/mol. The first-order chi connectivity index (χ1) is 9.40. The van der Waals surface area contributed by atoms with Crippen LogP contribution in [0.3, 0.4) is 0 Å². The number of alkyl halides is 3. The van der Waals surface area contributed by atoms with E-state index in [1.54, 1.807) is 0 Å². The minimum atomic E-state index is -4.81. The van der Waals surface area contributed by atoms with Gasteiger partial charge in [0.1, 0.15) is 11.6 Å². The number of ether oxygens (including phenoxy) is 1. The van der Waals surface area contributed by atoms with Gasteiger partial charge in [0.25, 0.3) is 0 Å². The molecule has 0 aliphatic heterocycles. The topological polar surface area (TPSA) is 42.4 Å². The summed E-state index contributed by atoms with van der Waals surface area (Å²) in [4.78, 5) is 3.62. The van der Waals surface area contributed by atoms with E-state index in [-0.39, 0.29) is 16.7 Å². The van der Waals surface area contributed by atoms with Crippen molar-refractivity contribution in [3.63, 3.8) is 0 Å². The predicted octanol–water partition coefficient (Wildman–Crippen LogP) is 3.28. The smallest absolute Gasteiger partial charge is 0.406 e. The molecule has 0 amide bonds. The number of hydrogen-bond donors (Lipinski definition) is 1. The van der Waals surface area contributed by atoms with Gasteiger partial charge in [-0.1, -0.05) is 12.1 Å². The van der Waals surface area contributed by atoms with Crippen LogP contribution in [-0.4, -0.2) is 16.5 Å². The molecular formula is C13H9F4NO2. The fraction of sp³-hybridized carbons (Fsp3) is 0.154. The Morgan fingerprint density at radius 1 is 1.20 bits per heavy atom. The summed E-state index contributed by atoms with van der Waals surface area (Å²) in [5, 5.41) is 9.14. The Labute approximate surface area is 111 Å². The van der Waals surface area contributed by atoms with E-state index in [0.29, 0.717) is 0 Å². The van der Waals surface area contributed by atoms with Crippen molar-refractivity contribution in [2.75, 3.05) is 0 Å². The molecule has 2 rings (SSSR count). The Kier molecular flexibility index (Phi) is 3.89. The van der Waals surface area contributed by atoms with Crippen LogP contribution in [-0.2, 0) is 6.61 Å². The monoisotopic (exact) mass is 287 g/mol. The van der Waals surface area contributed by atoms with Crippen LogP contribution < -0.4 is 4.74 Å². The summed E-state index contributed by atoms with van der Waals surface area (Å²) >= 11 is 0. The Morgan fingerprint density at radius 2 is 1.95 bits per heavy atom. The molecule has 0 spiro atoms. The van der Waals surface area contributed by atoms with Crippen molar-refractivity contribution >= 4 is 0 Å². The van der Waals surface area contributed by atoms with Crippen molar-refractivity contribution in [2.24, 2.45) is 0 Å². The molecule has 0 unspecified atom stereocenters. The van der Waals surface area contributed by atoms with E-state index in [1.165, 1.54) is 18.3 Å². The minimum Gasteiger partial charge on any atom is -0.406 e. The molecule has 2 aromatic rings. The SMILES string of the molecule is OCc1c(F)cncc1-c1cccc(OC(F)(F)F)c1. The molecule has 1 aromatic carbocycles. The minimum absolute atomic E-state index is 0.0378. The molecule has 0 bridgehead atoms. The van der Waals surface area contributed by atoms with Gasteiger partial charge in [0, 0.05) is 17.3 Å². The lowest BCUT2D eigenvalue weighted by atomic mass is 10.0. The molecular weight excluding hydrogens is 278 g/mol. The number of aliphatic hydroxyl groups is 1. The number of aromatic nitrogens is 1. The van der Waals surface area contributed by atoms with Crippen LogP contribution in [0.2, 0.25) is 0 Å². The van der Waals surface area contributed by atoms with Crippen LogP contribution in [0.1, 0.15) is 5.56 Å². The van der Waals surface area contributed by atoms with Crippen molar-refractivity contribution in [1.29, 1.82) is 0 Å². The van der Waals surface area contributed by atoms with Gasteiger partial charge in [-0.2, -0.15) is 0 Å². The zero-order valence-corrected chi connectivity index (χ0v) is 9.99. The number of rotatable bonds is 3. The van der Waals surface area contributed by atoms with Crippen LogP contribution in [0.25, 0.3) is 11.1 Å². The van der Waals surface area contributed by atoms with E-state index in [4.69, 9.17) is 5.11 Å². The molecule has 0 atom stereocenters. The Bertz CT molecular complexity index is 614. The van der Waals surface area contributed by atoms with Gasteiger partial charge in [0.15, 0.2) is 0 Å². The molecule has 20 heavy (non-hydrogen) atoms. The lowest BCUT2D eigenvalue weighted by molar-refractivity contribution is -0.274. The first-order valence-corrected chi connectivity index (χ1v) is 5.50. The summed E-state index contributed by atoms with van der Waals surface area (Å²) in [7, 11) is 0. The van der Waals surface area contributed by atoms with E-state index in [1.807, 2.05) is 0 Å². The maximum Gasteiger partial charge on any atom is 0.573 e. The highest BCUT2D eigenvalue weighted by atomic mass is 19.4. The summed E-state index contributed by atoms with van der Waals surface area (Å²) in [6, 6.07) is 5.03. The van der Waals surface area contributed by atoms with Gasteiger partial charge in [0.05, 0.1) is 12.8 Å². The van der Waals surface area contributed by atoms with Crippen LogP contribution in [0, 0.1) is 5.82 Å². The largest absolute Gasteiger partial charge is 0.573 e. The first-order valence-electron chi connectivity index (χ1n) is 5.50. The van der Waals surface area contributed by atoms with E-state index in [0.717, 1.165) is 18.3 Å². The predicted molar refractivity (Wildman–Crippen MR) is 62.2 cm³/mol. The summed E-state index contributed by atoms with van der Waals surface area (Å²) < 4.78 is 53.7. The number of nitrogens with zero attached hydrogens (tertiary/aromatic N) is 1. The Balaban J connectivity index is 2.44. The quantitative estimate of drug-likeness (QED) is 0.881. The zero-order valence-electron chi connectivity index (χ0n) is 9.99.